The fourth-order valence-electron chi connectivity index (χ4n) is 2.18. The van der Waals surface area contributed by atoms with Crippen molar-refractivity contribution in [3.8, 4) is 0 Å². The molecule has 2 rings (SSSR count). The molecule has 1 heterocycles. The van der Waals surface area contributed by atoms with Crippen LogP contribution in [0, 0.1) is 12.7 Å². The number of hydrogen-bond acceptors (Lipinski definition) is 3. The van der Waals surface area contributed by atoms with E-state index in [1.807, 2.05) is 18.4 Å². The topological polar surface area (TPSA) is 32.3 Å². The van der Waals surface area contributed by atoms with Gasteiger partial charge in [-0.25, -0.2) is 4.39 Å². The molecule has 3 nitrogen and oxygen atoms in total. The monoisotopic (exact) mass is 320 g/mol. The summed E-state index contributed by atoms with van der Waals surface area (Å²) >= 11 is 1.70. The van der Waals surface area contributed by atoms with Gasteiger partial charge in [0.2, 0.25) is 5.91 Å². The lowest BCUT2D eigenvalue weighted by atomic mass is 10.1. The van der Waals surface area contributed by atoms with Gasteiger partial charge in [-0.1, -0.05) is 25.1 Å². The van der Waals surface area contributed by atoms with E-state index < -0.39 is 0 Å². The van der Waals surface area contributed by atoms with Crippen LogP contribution in [0.4, 0.5) is 4.39 Å². The van der Waals surface area contributed by atoms with E-state index in [4.69, 9.17) is 0 Å². The van der Waals surface area contributed by atoms with E-state index in [0.717, 1.165) is 18.7 Å². The highest BCUT2D eigenvalue weighted by Crippen LogP contribution is 2.12. The number of carbonyl (C=O) groups is 1. The first kappa shape index (κ1) is 16.6. The number of halogens is 1. The van der Waals surface area contributed by atoms with Crippen molar-refractivity contribution in [1.82, 2.24) is 10.2 Å². The van der Waals surface area contributed by atoms with E-state index in [1.54, 1.807) is 30.4 Å². The number of carbonyl (C=O) groups excluding carboxylic acids is 1. The first-order valence-electron chi connectivity index (χ1n) is 7.35. The number of hydrogen-bond donors (Lipinski definition) is 1. The lowest BCUT2D eigenvalue weighted by Gasteiger charge is -2.19. The van der Waals surface area contributed by atoms with Crippen LogP contribution in [0.15, 0.2) is 35.7 Å². The van der Waals surface area contributed by atoms with Gasteiger partial charge in [0, 0.05) is 18.0 Å². The molecule has 0 aliphatic carbocycles. The van der Waals surface area contributed by atoms with Gasteiger partial charge in [-0.3, -0.25) is 9.69 Å². The standard InChI is InChI=1S/C17H21FN2OS/c1-3-20(11-15-5-4-8-22-15)12-17(21)19-10-14-6-7-16(18)13(2)9-14/h4-9H,3,10-12H2,1-2H3,(H,19,21). The molecule has 2 aromatic rings. The zero-order chi connectivity index (χ0) is 15.9. The number of amides is 1. The summed E-state index contributed by atoms with van der Waals surface area (Å²) < 4.78 is 13.2. The number of aryl methyl sites for hydroxylation is 1. The predicted molar refractivity (Wildman–Crippen MR) is 88.3 cm³/mol. The molecule has 0 aliphatic rings. The summed E-state index contributed by atoms with van der Waals surface area (Å²) in [5.41, 5.74) is 1.51. The zero-order valence-corrected chi connectivity index (χ0v) is 13.8. The summed E-state index contributed by atoms with van der Waals surface area (Å²) in [6.07, 6.45) is 0. The van der Waals surface area contributed by atoms with Gasteiger partial charge in [0.25, 0.3) is 0 Å². The molecule has 1 aromatic heterocycles. The van der Waals surface area contributed by atoms with Crippen LogP contribution in [-0.4, -0.2) is 23.9 Å². The molecule has 1 amide bonds. The molecule has 22 heavy (non-hydrogen) atoms. The minimum absolute atomic E-state index is 0.0135. The second-order valence-corrected chi connectivity index (χ2v) is 6.28. The van der Waals surface area contributed by atoms with Crippen LogP contribution in [-0.2, 0) is 17.9 Å². The quantitative estimate of drug-likeness (QED) is 0.848. The van der Waals surface area contributed by atoms with Crippen molar-refractivity contribution in [3.05, 3.63) is 57.5 Å². The second kappa shape index (κ2) is 8.06. The number of thiophene rings is 1. The molecule has 0 aliphatic heterocycles. The van der Waals surface area contributed by atoms with E-state index in [0.29, 0.717) is 18.7 Å². The molecule has 0 atom stereocenters. The predicted octanol–water partition coefficient (Wildman–Crippen LogP) is 3.33. The molecule has 5 heteroatoms. The van der Waals surface area contributed by atoms with E-state index in [-0.39, 0.29) is 11.7 Å². The average Bonchev–Trinajstić information content (AvgIpc) is 3.00. The molecule has 0 unspecified atom stereocenters. The summed E-state index contributed by atoms with van der Waals surface area (Å²) in [7, 11) is 0. The number of nitrogens with one attached hydrogen (secondary N) is 1. The molecule has 0 saturated heterocycles. The largest absolute Gasteiger partial charge is 0.351 e. The number of likely N-dealkylation sites (N-methyl/N-ethyl adjacent to an activating group) is 1. The highest BCUT2D eigenvalue weighted by molar-refractivity contribution is 7.09. The highest BCUT2D eigenvalue weighted by atomic mass is 32.1. The molecule has 0 fully saturated rings. The van der Waals surface area contributed by atoms with E-state index in [2.05, 4.69) is 16.3 Å². The molecule has 118 valence electrons. The van der Waals surface area contributed by atoms with Crippen molar-refractivity contribution in [2.75, 3.05) is 13.1 Å². The third-order valence-electron chi connectivity index (χ3n) is 3.49. The van der Waals surface area contributed by atoms with Gasteiger partial charge in [0.05, 0.1) is 6.54 Å². The van der Waals surface area contributed by atoms with Gasteiger partial charge in [-0.2, -0.15) is 0 Å². The Morgan fingerprint density at radius 1 is 1.36 bits per heavy atom. The Morgan fingerprint density at radius 2 is 2.18 bits per heavy atom. The van der Waals surface area contributed by atoms with Crippen molar-refractivity contribution in [2.45, 2.75) is 26.9 Å². The molecule has 0 radical (unpaired) electrons. The summed E-state index contributed by atoms with van der Waals surface area (Å²) in [5.74, 6) is -0.233. The Balaban J connectivity index is 1.82. The zero-order valence-electron chi connectivity index (χ0n) is 12.9. The van der Waals surface area contributed by atoms with E-state index in [9.17, 15) is 9.18 Å². The minimum atomic E-state index is -0.219. The molecular formula is C17H21FN2OS. The Kier molecular flexibility index (Phi) is 6.10. The third kappa shape index (κ3) is 4.93. The normalized spacial score (nSPS) is 10.9. The van der Waals surface area contributed by atoms with Crippen molar-refractivity contribution < 1.29 is 9.18 Å². The highest BCUT2D eigenvalue weighted by Gasteiger charge is 2.10. The smallest absolute Gasteiger partial charge is 0.234 e. The van der Waals surface area contributed by atoms with Gasteiger partial charge in [-0.05, 0) is 42.1 Å². The lowest BCUT2D eigenvalue weighted by molar-refractivity contribution is -0.122. The maximum atomic E-state index is 13.2. The molecule has 0 spiro atoms. The van der Waals surface area contributed by atoms with Crippen LogP contribution in [0.1, 0.15) is 22.9 Å². The third-order valence-corrected chi connectivity index (χ3v) is 4.35. The Hall–Kier alpha value is -1.72. The van der Waals surface area contributed by atoms with Crippen LogP contribution < -0.4 is 5.32 Å². The Bertz CT molecular complexity index is 613. The van der Waals surface area contributed by atoms with Gasteiger partial charge >= 0.3 is 0 Å². The number of benzene rings is 1. The first-order chi connectivity index (χ1) is 10.6. The molecular weight excluding hydrogens is 299 g/mol. The fourth-order valence-corrected chi connectivity index (χ4v) is 2.93. The van der Waals surface area contributed by atoms with E-state index in [1.165, 1.54) is 10.9 Å². The second-order valence-electron chi connectivity index (χ2n) is 5.24. The summed E-state index contributed by atoms with van der Waals surface area (Å²) in [6.45, 7) is 6.17. The van der Waals surface area contributed by atoms with Crippen molar-refractivity contribution in [3.63, 3.8) is 0 Å². The van der Waals surface area contributed by atoms with Gasteiger partial charge < -0.3 is 5.32 Å². The lowest BCUT2D eigenvalue weighted by Crippen LogP contribution is -2.36. The average molecular weight is 320 g/mol. The maximum absolute atomic E-state index is 13.2. The minimum Gasteiger partial charge on any atom is -0.351 e. The molecule has 0 bridgehead atoms. The van der Waals surface area contributed by atoms with Crippen LogP contribution in [0.3, 0.4) is 0 Å². The Morgan fingerprint density at radius 3 is 2.82 bits per heavy atom. The van der Waals surface area contributed by atoms with Crippen LogP contribution in [0.25, 0.3) is 0 Å². The van der Waals surface area contributed by atoms with Gasteiger partial charge in [-0.15, -0.1) is 11.3 Å². The maximum Gasteiger partial charge on any atom is 0.234 e. The van der Waals surface area contributed by atoms with Crippen molar-refractivity contribution in [2.24, 2.45) is 0 Å². The summed E-state index contributed by atoms with van der Waals surface area (Å²) in [6, 6.07) is 8.99. The first-order valence-corrected chi connectivity index (χ1v) is 8.23. The van der Waals surface area contributed by atoms with E-state index >= 15 is 0 Å². The number of nitrogens with zero attached hydrogens (tertiary/aromatic N) is 1. The number of rotatable bonds is 7. The molecule has 1 aromatic carbocycles. The summed E-state index contributed by atoms with van der Waals surface area (Å²) in [5, 5.41) is 4.93. The fraction of sp³-hybridized carbons (Fsp3) is 0.353. The van der Waals surface area contributed by atoms with Crippen molar-refractivity contribution in [1.29, 1.82) is 0 Å². The van der Waals surface area contributed by atoms with Crippen LogP contribution in [0.5, 0.6) is 0 Å². The Labute approximate surface area is 134 Å². The SMILES string of the molecule is CCN(CC(=O)NCc1ccc(F)c(C)c1)Cc1cccs1. The van der Waals surface area contributed by atoms with Crippen molar-refractivity contribution >= 4 is 17.2 Å². The van der Waals surface area contributed by atoms with Gasteiger partial charge in [0.15, 0.2) is 0 Å². The van der Waals surface area contributed by atoms with Crippen LogP contribution >= 0.6 is 11.3 Å². The summed E-state index contributed by atoms with van der Waals surface area (Å²) in [4.78, 5) is 15.4. The van der Waals surface area contributed by atoms with Crippen LogP contribution in [0.2, 0.25) is 0 Å². The molecule has 1 N–H and O–H groups in total. The van der Waals surface area contributed by atoms with Gasteiger partial charge in [0.1, 0.15) is 5.82 Å². The molecule has 0 saturated carbocycles.